The lowest BCUT2D eigenvalue weighted by Gasteiger charge is -2.38. The lowest BCUT2D eigenvalue weighted by atomic mass is 9.88. The van der Waals surface area contributed by atoms with Gasteiger partial charge in [0.05, 0.1) is 39.2 Å². The van der Waals surface area contributed by atoms with E-state index in [-0.39, 0.29) is 17.1 Å². The molecule has 0 fully saturated rings. The minimum Gasteiger partial charge on any atom is -0.543 e. The van der Waals surface area contributed by atoms with Gasteiger partial charge in [-0.1, -0.05) is 46.8 Å². The zero-order valence-electron chi connectivity index (χ0n) is 25.1. The molecule has 0 bridgehead atoms. The van der Waals surface area contributed by atoms with Crippen LogP contribution in [0.15, 0.2) is 41.4 Å². The van der Waals surface area contributed by atoms with Crippen molar-refractivity contribution in [2.45, 2.75) is 77.7 Å². The molecule has 2 aromatic carbocycles. The second-order valence-corrected chi connectivity index (χ2v) is 16.9. The Morgan fingerprint density at radius 2 is 1.74 bits per heavy atom. The van der Waals surface area contributed by atoms with Gasteiger partial charge in [0.25, 0.3) is 0 Å². The summed E-state index contributed by atoms with van der Waals surface area (Å²) in [6, 6.07) is 13.1. The number of benzene rings is 2. The number of fused-ring (bicyclic) bond motifs is 1. The Bertz CT molecular complexity index is 1090. The van der Waals surface area contributed by atoms with Crippen LogP contribution in [0.25, 0.3) is 0 Å². The van der Waals surface area contributed by atoms with Crippen molar-refractivity contribution < 1.29 is 18.6 Å². The number of ether oxygens (including phenoxy) is 3. The first-order chi connectivity index (χ1) is 17.9. The molecule has 1 aliphatic heterocycles. The Morgan fingerprint density at radius 1 is 1.05 bits per heavy atom. The summed E-state index contributed by atoms with van der Waals surface area (Å²) in [4.78, 5) is 7.35. The molecule has 6 nitrogen and oxygen atoms in total. The highest BCUT2D eigenvalue weighted by Gasteiger charge is 2.39. The molecule has 0 saturated heterocycles. The van der Waals surface area contributed by atoms with Crippen LogP contribution in [-0.2, 0) is 17.6 Å². The fourth-order valence-corrected chi connectivity index (χ4v) is 5.59. The fourth-order valence-electron chi connectivity index (χ4n) is 4.57. The van der Waals surface area contributed by atoms with E-state index in [1.807, 2.05) is 6.34 Å². The molecule has 1 aliphatic rings. The van der Waals surface area contributed by atoms with Crippen LogP contribution >= 0.6 is 0 Å². The number of nitrogens with zero attached hydrogens (tertiary/aromatic N) is 2. The molecule has 210 valence electrons. The van der Waals surface area contributed by atoms with E-state index in [1.54, 1.807) is 21.3 Å². The van der Waals surface area contributed by atoms with Crippen molar-refractivity contribution in [2.24, 2.45) is 10.9 Å². The molecular formula is C31H48N2O4Si. The van der Waals surface area contributed by atoms with Gasteiger partial charge in [0, 0.05) is 13.7 Å². The SMILES string of the molecule is COC[C@@H](N=CN1CCc2cc(OC)c(OC)cc2[C@@H]1Cc1cccc(O[Si](C)(C)C(C)(C)C)c1)C(C)C. The molecule has 3 rings (SSSR count). The lowest BCUT2D eigenvalue weighted by Crippen LogP contribution is -2.43. The number of hydrogen-bond acceptors (Lipinski definition) is 5. The summed E-state index contributed by atoms with van der Waals surface area (Å²) in [5, 5.41) is 0.142. The van der Waals surface area contributed by atoms with Gasteiger partial charge in [0.2, 0.25) is 8.32 Å². The number of rotatable bonds is 11. The summed E-state index contributed by atoms with van der Waals surface area (Å²) < 4.78 is 23.4. The second-order valence-electron chi connectivity index (χ2n) is 12.2. The van der Waals surface area contributed by atoms with Crippen LogP contribution in [0.3, 0.4) is 0 Å². The van der Waals surface area contributed by atoms with Crippen LogP contribution in [0.4, 0.5) is 0 Å². The maximum atomic E-state index is 6.64. The summed E-state index contributed by atoms with van der Waals surface area (Å²) >= 11 is 0. The van der Waals surface area contributed by atoms with Crippen molar-refractivity contribution in [3.63, 3.8) is 0 Å². The van der Waals surface area contributed by atoms with Gasteiger partial charge in [0.15, 0.2) is 11.5 Å². The number of methoxy groups -OCH3 is 3. The molecule has 0 aliphatic carbocycles. The zero-order valence-corrected chi connectivity index (χ0v) is 26.1. The topological polar surface area (TPSA) is 52.5 Å². The van der Waals surface area contributed by atoms with E-state index in [9.17, 15) is 0 Å². The molecule has 7 heteroatoms. The van der Waals surface area contributed by atoms with Gasteiger partial charge in [-0.3, -0.25) is 4.99 Å². The number of hydrogen-bond donors (Lipinski definition) is 0. The van der Waals surface area contributed by atoms with E-state index in [0.29, 0.717) is 12.5 Å². The summed E-state index contributed by atoms with van der Waals surface area (Å²) in [6.45, 7) is 17.3. The molecule has 0 N–H and O–H groups in total. The van der Waals surface area contributed by atoms with Crippen molar-refractivity contribution in [1.82, 2.24) is 4.90 Å². The van der Waals surface area contributed by atoms with Crippen LogP contribution in [0.1, 0.15) is 57.4 Å². The third-order valence-electron chi connectivity index (χ3n) is 8.06. The first-order valence-corrected chi connectivity index (χ1v) is 16.6. The molecule has 38 heavy (non-hydrogen) atoms. The highest BCUT2D eigenvalue weighted by Crippen LogP contribution is 2.40. The van der Waals surface area contributed by atoms with Crippen molar-refractivity contribution in [2.75, 3.05) is 34.5 Å². The lowest BCUT2D eigenvalue weighted by molar-refractivity contribution is 0.164. The Morgan fingerprint density at radius 3 is 2.34 bits per heavy atom. The van der Waals surface area contributed by atoms with Crippen molar-refractivity contribution in [1.29, 1.82) is 0 Å². The first-order valence-electron chi connectivity index (χ1n) is 13.7. The maximum absolute atomic E-state index is 6.64. The third-order valence-corrected chi connectivity index (χ3v) is 12.4. The highest BCUT2D eigenvalue weighted by atomic mass is 28.4. The van der Waals surface area contributed by atoms with E-state index in [2.05, 4.69) is 89.0 Å². The Labute approximate surface area is 231 Å². The largest absolute Gasteiger partial charge is 0.543 e. The maximum Gasteiger partial charge on any atom is 0.250 e. The van der Waals surface area contributed by atoms with E-state index in [1.165, 1.54) is 16.7 Å². The minimum absolute atomic E-state index is 0.112. The second kappa shape index (κ2) is 12.6. The van der Waals surface area contributed by atoms with Crippen LogP contribution in [0.5, 0.6) is 17.2 Å². The molecule has 0 saturated carbocycles. The third kappa shape index (κ3) is 7.11. The van der Waals surface area contributed by atoms with Crippen LogP contribution in [0, 0.1) is 5.92 Å². The summed E-state index contributed by atoms with van der Waals surface area (Å²) in [7, 11) is 3.20. The van der Waals surface area contributed by atoms with Gasteiger partial charge in [-0.15, -0.1) is 0 Å². The molecule has 0 aromatic heterocycles. The van der Waals surface area contributed by atoms with Gasteiger partial charge >= 0.3 is 0 Å². The minimum atomic E-state index is -1.93. The summed E-state index contributed by atoms with van der Waals surface area (Å²) in [6.07, 6.45) is 3.80. The van der Waals surface area contributed by atoms with E-state index < -0.39 is 8.32 Å². The molecule has 2 atom stereocenters. The average Bonchev–Trinajstić information content (AvgIpc) is 2.85. The molecule has 0 amide bonds. The van der Waals surface area contributed by atoms with Gasteiger partial charge in [0.1, 0.15) is 5.75 Å². The Balaban J connectivity index is 1.99. The van der Waals surface area contributed by atoms with Gasteiger partial charge in [-0.05, 0) is 77.8 Å². The van der Waals surface area contributed by atoms with Crippen LogP contribution in [-0.4, -0.2) is 60.1 Å². The van der Waals surface area contributed by atoms with Crippen LogP contribution in [0.2, 0.25) is 18.1 Å². The normalized spacial score (nSPS) is 17.0. The molecule has 1 heterocycles. The van der Waals surface area contributed by atoms with Crippen LogP contribution < -0.4 is 13.9 Å². The monoisotopic (exact) mass is 540 g/mol. The summed E-state index contributed by atoms with van der Waals surface area (Å²) in [5.74, 6) is 2.88. The fraction of sp³-hybridized carbons (Fsp3) is 0.581. The predicted molar refractivity (Wildman–Crippen MR) is 160 cm³/mol. The molecular weight excluding hydrogens is 492 g/mol. The Hall–Kier alpha value is -2.51. The predicted octanol–water partition coefficient (Wildman–Crippen LogP) is 6.93. The summed E-state index contributed by atoms with van der Waals surface area (Å²) in [5.41, 5.74) is 3.79. The smallest absolute Gasteiger partial charge is 0.250 e. The highest BCUT2D eigenvalue weighted by molar-refractivity contribution is 6.74. The van der Waals surface area contributed by atoms with Crippen molar-refractivity contribution in [3.05, 3.63) is 53.1 Å². The van der Waals surface area contributed by atoms with E-state index >= 15 is 0 Å². The van der Waals surface area contributed by atoms with Crippen molar-refractivity contribution in [3.8, 4) is 17.2 Å². The van der Waals surface area contributed by atoms with E-state index in [4.69, 9.17) is 23.6 Å². The molecule has 0 radical (unpaired) electrons. The van der Waals surface area contributed by atoms with E-state index in [0.717, 1.165) is 36.6 Å². The molecule has 2 aromatic rings. The molecule has 0 unspecified atom stereocenters. The standard InChI is InChI=1S/C31H48N2O4Si/c1-22(2)27(20-34-6)32-21-33-15-14-24-18-29(35-7)30(36-8)19-26(24)28(33)17-23-12-11-13-25(16-23)37-38(9,10)31(3,4)5/h11-13,16,18-19,21-22,27-28H,14-15,17,20H2,1-10H3/t27-,28+/m1/s1. The number of aliphatic imine (C=N–C) groups is 1. The molecule has 0 spiro atoms. The quantitative estimate of drug-likeness (QED) is 0.176. The zero-order chi connectivity index (χ0) is 28.1. The Kier molecular flexibility index (Phi) is 9.93. The van der Waals surface area contributed by atoms with Gasteiger partial charge in [-0.2, -0.15) is 0 Å². The van der Waals surface area contributed by atoms with Gasteiger partial charge < -0.3 is 23.5 Å². The van der Waals surface area contributed by atoms with Crippen molar-refractivity contribution >= 4 is 14.7 Å². The first kappa shape index (κ1) is 30.0. The average molecular weight is 541 g/mol. The van der Waals surface area contributed by atoms with Gasteiger partial charge in [-0.25, -0.2) is 0 Å².